The molecule has 0 spiro atoms. The highest BCUT2D eigenvalue weighted by molar-refractivity contribution is 7.99. The van der Waals surface area contributed by atoms with Crippen molar-refractivity contribution in [3.8, 4) is 21.9 Å². The summed E-state index contributed by atoms with van der Waals surface area (Å²) >= 11 is 3.13. The predicted molar refractivity (Wildman–Crippen MR) is 127 cm³/mol. The van der Waals surface area contributed by atoms with Crippen LogP contribution in [0.1, 0.15) is 6.42 Å². The largest absolute Gasteiger partial charge is 0.454 e. The van der Waals surface area contributed by atoms with Crippen molar-refractivity contribution in [2.75, 3.05) is 25.6 Å². The van der Waals surface area contributed by atoms with E-state index >= 15 is 0 Å². The number of hydroxylamine groups is 1. The van der Waals surface area contributed by atoms with Gasteiger partial charge in [0, 0.05) is 41.4 Å². The highest BCUT2D eigenvalue weighted by atomic mass is 32.2. The molecule has 0 bridgehead atoms. The smallest absolute Gasteiger partial charge is 0.244 e. The Morgan fingerprint density at radius 2 is 2.12 bits per heavy atom. The van der Waals surface area contributed by atoms with Crippen LogP contribution in [0.5, 0.6) is 11.5 Å². The lowest BCUT2D eigenvalue weighted by Crippen LogP contribution is -2.27. The summed E-state index contributed by atoms with van der Waals surface area (Å²) in [4.78, 5) is 26.5. The average Bonchev–Trinajstić information content (AvgIpc) is 3.59. The SMILES string of the molecule is Nc1ncnc2c1nc(Sc1cc3c(cc1-c1cccs1)OCO3)n2CCNCCC(=O)NO. The van der Waals surface area contributed by atoms with Gasteiger partial charge in [0.1, 0.15) is 6.33 Å². The fourth-order valence-electron chi connectivity index (χ4n) is 3.52. The van der Waals surface area contributed by atoms with E-state index in [0.29, 0.717) is 53.3 Å². The van der Waals surface area contributed by atoms with Crippen LogP contribution < -0.4 is 26.0 Å². The number of hydrogen-bond acceptors (Lipinski definition) is 11. The van der Waals surface area contributed by atoms with Crippen LogP contribution in [0.4, 0.5) is 5.82 Å². The molecule has 1 aliphatic heterocycles. The summed E-state index contributed by atoms with van der Waals surface area (Å²) in [6.07, 6.45) is 1.58. The number of imidazole rings is 1. The van der Waals surface area contributed by atoms with Crippen molar-refractivity contribution in [1.82, 2.24) is 30.3 Å². The number of rotatable bonds is 9. The van der Waals surface area contributed by atoms with E-state index < -0.39 is 5.91 Å². The molecule has 0 radical (unpaired) electrons. The summed E-state index contributed by atoms with van der Waals surface area (Å²) in [5, 5.41) is 14.5. The second-order valence-corrected chi connectivity index (χ2v) is 9.25. The lowest BCUT2D eigenvalue weighted by Gasteiger charge is -2.12. The van der Waals surface area contributed by atoms with Gasteiger partial charge in [-0.05, 0) is 23.6 Å². The van der Waals surface area contributed by atoms with Gasteiger partial charge in [0.15, 0.2) is 33.6 Å². The number of hydrogen-bond donors (Lipinski definition) is 4. The number of aromatic nitrogens is 4. The van der Waals surface area contributed by atoms with Crippen LogP contribution in [-0.2, 0) is 11.3 Å². The standard InChI is InChI=1S/C21H21N7O4S2/c22-19-18-20(25-10-24-19)28(6-5-23-4-3-17(29)27-30)21(26-18)34-16-9-14-13(31-11-32-14)8-12(16)15-2-1-7-33-15/h1-2,7-10,23,30H,3-6,11H2,(H,27,29)(H2,22,24,25). The van der Waals surface area contributed by atoms with Crippen LogP contribution in [-0.4, -0.2) is 50.5 Å². The molecule has 34 heavy (non-hydrogen) atoms. The summed E-state index contributed by atoms with van der Waals surface area (Å²) in [6.45, 7) is 1.71. The minimum Gasteiger partial charge on any atom is -0.454 e. The molecule has 176 valence electrons. The van der Waals surface area contributed by atoms with Gasteiger partial charge in [0.2, 0.25) is 12.7 Å². The summed E-state index contributed by atoms with van der Waals surface area (Å²) in [6, 6.07) is 8.02. The number of carbonyl (C=O) groups is 1. The molecule has 0 atom stereocenters. The molecule has 13 heteroatoms. The molecule has 1 aliphatic rings. The first-order chi connectivity index (χ1) is 16.6. The van der Waals surface area contributed by atoms with E-state index in [1.54, 1.807) is 16.8 Å². The maximum absolute atomic E-state index is 11.2. The number of anilines is 1. The van der Waals surface area contributed by atoms with Crippen molar-refractivity contribution >= 4 is 46.0 Å². The third kappa shape index (κ3) is 4.50. The van der Waals surface area contributed by atoms with E-state index in [4.69, 9.17) is 25.4 Å². The van der Waals surface area contributed by atoms with Crippen LogP contribution >= 0.6 is 23.1 Å². The number of thiophene rings is 1. The van der Waals surface area contributed by atoms with Crippen LogP contribution in [0.25, 0.3) is 21.6 Å². The van der Waals surface area contributed by atoms with Crippen molar-refractivity contribution < 1.29 is 19.5 Å². The van der Waals surface area contributed by atoms with Crippen LogP contribution in [0.15, 0.2) is 46.0 Å². The minimum absolute atomic E-state index is 0.166. The van der Waals surface area contributed by atoms with Crippen LogP contribution in [0, 0.1) is 0 Å². The quantitative estimate of drug-likeness (QED) is 0.154. The molecule has 3 aromatic heterocycles. The lowest BCUT2D eigenvalue weighted by atomic mass is 10.1. The van der Waals surface area contributed by atoms with Gasteiger partial charge in [-0.25, -0.2) is 20.4 Å². The average molecular weight is 500 g/mol. The van der Waals surface area contributed by atoms with Gasteiger partial charge < -0.3 is 25.1 Å². The van der Waals surface area contributed by atoms with E-state index in [0.717, 1.165) is 15.3 Å². The van der Waals surface area contributed by atoms with E-state index in [1.807, 2.05) is 28.1 Å². The first-order valence-electron chi connectivity index (χ1n) is 10.4. The molecule has 11 nitrogen and oxygen atoms in total. The Bertz CT molecular complexity index is 1330. The molecule has 5 rings (SSSR count). The van der Waals surface area contributed by atoms with Gasteiger partial charge >= 0.3 is 0 Å². The van der Waals surface area contributed by atoms with Gasteiger partial charge in [-0.2, -0.15) is 0 Å². The first kappa shape index (κ1) is 22.4. The van der Waals surface area contributed by atoms with Gasteiger partial charge in [0.05, 0.1) is 0 Å². The number of nitrogens with one attached hydrogen (secondary N) is 2. The van der Waals surface area contributed by atoms with Crippen LogP contribution in [0.3, 0.4) is 0 Å². The molecule has 5 N–H and O–H groups in total. The van der Waals surface area contributed by atoms with Crippen molar-refractivity contribution in [3.63, 3.8) is 0 Å². The van der Waals surface area contributed by atoms with E-state index in [9.17, 15) is 4.79 Å². The zero-order valence-corrected chi connectivity index (χ0v) is 19.5. The normalized spacial score (nSPS) is 12.4. The summed E-state index contributed by atoms with van der Waals surface area (Å²) < 4.78 is 13.2. The number of benzene rings is 1. The fourth-order valence-corrected chi connectivity index (χ4v) is 5.41. The van der Waals surface area contributed by atoms with E-state index in [2.05, 4.69) is 21.4 Å². The Morgan fingerprint density at radius 1 is 1.26 bits per heavy atom. The fraction of sp³-hybridized carbons (Fsp3) is 0.238. The molecular formula is C21H21N7O4S2. The van der Waals surface area contributed by atoms with Crippen molar-refractivity contribution in [2.24, 2.45) is 0 Å². The zero-order valence-electron chi connectivity index (χ0n) is 17.9. The molecule has 4 aromatic rings. The first-order valence-corrected chi connectivity index (χ1v) is 12.1. The maximum Gasteiger partial charge on any atom is 0.244 e. The van der Waals surface area contributed by atoms with Gasteiger partial charge in [-0.15, -0.1) is 11.3 Å². The molecular weight excluding hydrogens is 478 g/mol. The van der Waals surface area contributed by atoms with Gasteiger partial charge in [0.25, 0.3) is 0 Å². The Kier molecular flexibility index (Phi) is 6.49. The topological polar surface area (TPSA) is 149 Å². The van der Waals surface area contributed by atoms with Gasteiger partial charge in [-0.1, -0.05) is 17.8 Å². The van der Waals surface area contributed by atoms with Gasteiger partial charge in [-0.3, -0.25) is 10.0 Å². The number of nitrogens with two attached hydrogens (primary N) is 1. The predicted octanol–water partition coefficient (Wildman–Crippen LogP) is 2.50. The monoisotopic (exact) mass is 499 g/mol. The second-order valence-electron chi connectivity index (χ2n) is 7.29. The molecule has 1 amide bonds. The highest BCUT2D eigenvalue weighted by Gasteiger charge is 2.22. The minimum atomic E-state index is -0.443. The van der Waals surface area contributed by atoms with Crippen molar-refractivity contribution in [3.05, 3.63) is 36.0 Å². The molecule has 0 aliphatic carbocycles. The Morgan fingerprint density at radius 3 is 2.91 bits per heavy atom. The number of nitrogens with zero attached hydrogens (tertiary/aromatic N) is 4. The Hall–Kier alpha value is -3.39. The van der Waals surface area contributed by atoms with Crippen molar-refractivity contribution in [2.45, 2.75) is 23.0 Å². The highest BCUT2D eigenvalue weighted by Crippen LogP contribution is 2.45. The summed E-state index contributed by atoms with van der Waals surface area (Å²) in [5.74, 6) is 1.27. The Labute approximate surface area is 202 Å². The zero-order chi connectivity index (χ0) is 23.5. The molecule has 0 unspecified atom stereocenters. The molecule has 1 aromatic carbocycles. The summed E-state index contributed by atoms with van der Waals surface area (Å²) in [7, 11) is 0. The third-order valence-electron chi connectivity index (χ3n) is 5.15. The van der Waals surface area contributed by atoms with Crippen molar-refractivity contribution in [1.29, 1.82) is 0 Å². The van der Waals surface area contributed by atoms with E-state index in [1.165, 1.54) is 18.1 Å². The van der Waals surface area contributed by atoms with Crippen LogP contribution in [0.2, 0.25) is 0 Å². The number of fused-ring (bicyclic) bond motifs is 2. The van der Waals surface area contributed by atoms with E-state index in [-0.39, 0.29) is 13.2 Å². The molecule has 0 saturated carbocycles. The number of carbonyl (C=O) groups excluding carboxylic acids is 1. The number of ether oxygens (including phenoxy) is 2. The molecule has 0 fully saturated rings. The number of nitrogen functional groups attached to an aromatic ring is 1. The summed E-state index contributed by atoms with van der Waals surface area (Å²) in [5.41, 5.74) is 9.89. The third-order valence-corrected chi connectivity index (χ3v) is 7.11. The lowest BCUT2D eigenvalue weighted by molar-refractivity contribution is -0.129. The molecule has 0 saturated heterocycles. The molecule has 4 heterocycles. The Balaban J connectivity index is 1.47. The maximum atomic E-state index is 11.2. The second kappa shape index (κ2) is 9.85. The number of amides is 1.